The van der Waals surface area contributed by atoms with Gasteiger partial charge < -0.3 is 4.28 Å². The molecule has 0 aliphatic rings. The van der Waals surface area contributed by atoms with E-state index in [9.17, 15) is 0 Å². The van der Waals surface area contributed by atoms with E-state index in [2.05, 4.69) is 0 Å². The Balaban J connectivity index is -0.00000000800. The molecule has 4 nitrogen and oxygen atoms in total. The summed E-state index contributed by atoms with van der Waals surface area (Å²) in [6.45, 7) is 0. The summed E-state index contributed by atoms with van der Waals surface area (Å²) < 4.78 is 33.1. The first-order valence-electron chi connectivity index (χ1n) is 0.632. The van der Waals surface area contributed by atoms with Gasteiger partial charge >= 0.3 is 118 Å². The van der Waals surface area contributed by atoms with Gasteiger partial charge in [-0.25, -0.2) is 0 Å². The van der Waals surface area contributed by atoms with Gasteiger partial charge in [0.05, 0.1) is 0 Å². The molecule has 0 unspecified atom stereocenters. The van der Waals surface area contributed by atoms with Crippen LogP contribution in [0.2, 0.25) is 0 Å². The zero-order valence-corrected chi connectivity index (χ0v) is 10.3. The van der Waals surface area contributed by atoms with Crippen molar-refractivity contribution in [2.45, 2.75) is 0 Å². The number of hydrogen-bond donors (Lipinski definition) is 1. The van der Waals surface area contributed by atoms with E-state index in [1.807, 2.05) is 0 Å². The SMILES string of the molecule is [Ca+2].[H-].[H-].[H-].[K+].[O]=[Mn](=[O])(=[O])[OH]. The van der Waals surface area contributed by atoms with Crippen LogP contribution in [-0.4, -0.2) is 41.9 Å². The van der Waals surface area contributed by atoms with Crippen LogP contribution in [0.3, 0.4) is 0 Å². The van der Waals surface area contributed by atoms with Gasteiger partial charge in [-0.1, -0.05) is 0 Å². The fraction of sp³-hybridized carbons (Fsp3) is 0. The van der Waals surface area contributed by atoms with E-state index >= 15 is 0 Å². The quantitative estimate of drug-likeness (QED) is 0.407. The van der Waals surface area contributed by atoms with Crippen molar-refractivity contribution < 1.29 is 84.3 Å². The second-order valence-corrected chi connectivity index (χ2v) is 1.63. The maximum atomic E-state index is 8.69. The third-order valence-electron chi connectivity index (χ3n) is 0. The van der Waals surface area contributed by atoms with Crippen LogP contribution in [0.5, 0.6) is 0 Å². The summed E-state index contributed by atoms with van der Waals surface area (Å²) in [5.41, 5.74) is 0. The molecule has 0 saturated heterocycles. The molecule has 0 aromatic carbocycles. The molecule has 0 fully saturated rings. The summed E-state index contributed by atoms with van der Waals surface area (Å²) in [7, 11) is 0. The van der Waals surface area contributed by atoms with Crippen molar-refractivity contribution >= 4 is 37.7 Å². The van der Waals surface area contributed by atoms with Crippen molar-refractivity contribution in [1.82, 2.24) is 0 Å². The van der Waals surface area contributed by atoms with Crippen LogP contribution >= 0.6 is 0 Å². The van der Waals surface area contributed by atoms with Gasteiger partial charge in [-0.2, -0.15) is 0 Å². The molecule has 0 heterocycles. The molecule has 0 radical (unpaired) electrons. The number of rotatable bonds is 0. The Morgan fingerprint density at radius 1 is 1.29 bits per heavy atom. The zero-order chi connectivity index (χ0) is 4.50. The van der Waals surface area contributed by atoms with Crippen LogP contribution in [0.15, 0.2) is 0 Å². The van der Waals surface area contributed by atoms with Crippen LogP contribution in [-0.2, 0) is 24.5 Å². The average molecular weight is 202 g/mol. The minimum absolute atomic E-state index is 0. The monoisotopic (exact) mass is 202 g/mol. The first-order chi connectivity index (χ1) is 2.00. The molecule has 0 aromatic rings. The average Bonchev–Trinajstić information content (AvgIpc) is 0.722. The summed E-state index contributed by atoms with van der Waals surface area (Å²) in [5, 5.41) is 0. The Bertz CT molecular complexity index is 142. The van der Waals surface area contributed by atoms with Crippen LogP contribution in [0.4, 0.5) is 0 Å². The van der Waals surface area contributed by atoms with Gasteiger partial charge in [0.2, 0.25) is 0 Å². The second-order valence-electron chi connectivity index (χ2n) is 0.396. The molecule has 0 aliphatic heterocycles. The summed E-state index contributed by atoms with van der Waals surface area (Å²) in [5.74, 6) is 0. The standard InChI is InChI=1S/Ca.K.Mn.H2O.3O.3H/h;;;1H2;;;;;;/q+2;2*+1;;;;;3*-1/p-1. The molecule has 38 valence electrons. The summed E-state index contributed by atoms with van der Waals surface area (Å²) in [6, 6.07) is 0. The van der Waals surface area contributed by atoms with Gasteiger partial charge in [-0.05, 0) is 0 Å². The van der Waals surface area contributed by atoms with E-state index in [1.165, 1.54) is 0 Å². The minimum atomic E-state index is -5.38. The topological polar surface area (TPSA) is 71.4 Å². The molecule has 0 rings (SSSR count). The van der Waals surface area contributed by atoms with E-state index in [0.717, 1.165) is 0 Å². The van der Waals surface area contributed by atoms with E-state index in [4.69, 9.17) is 15.7 Å². The van der Waals surface area contributed by atoms with E-state index in [1.54, 1.807) is 0 Å². The molecule has 0 spiro atoms. The van der Waals surface area contributed by atoms with Crippen molar-refractivity contribution in [3.63, 3.8) is 0 Å². The summed E-state index contributed by atoms with van der Waals surface area (Å²) in [4.78, 5) is 0. The van der Waals surface area contributed by atoms with Crippen LogP contribution < -0.4 is 51.4 Å². The van der Waals surface area contributed by atoms with Gasteiger partial charge in [-0.15, -0.1) is 0 Å². The third kappa shape index (κ3) is 52.3. The van der Waals surface area contributed by atoms with Gasteiger partial charge in [0, 0.05) is 0 Å². The molecule has 1 N–H and O–H groups in total. The predicted octanol–water partition coefficient (Wildman–Crippen LogP) is -3.96. The maximum absolute atomic E-state index is 8.69. The van der Waals surface area contributed by atoms with Crippen LogP contribution in [0.1, 0.15) is 4.28 Å². The first kappa shape index (κ1) is 16.4. The fourth-order valence-electron chi connectivity index (χ4n) is 0. The molecular formula is H4CaKMnO4. The molecule has 7 heteroatoms. The molecule has 0 saturated carbocycles. The predicted molar refractivity (Wildman–Crippen MR) is 13.4 cm³/mol. The molecule has 0 aliphatic carbocycles. The van der Waals surface area contributed by atoms with Crippen molar-refractivity contribution in [2.24, 2.45) is 0 Å². The van der Waals surface area contributed by atoms with E-state index in [0.29, 0.717) is 0 Å². The summed E-state index contributed by atoms with van der Waals surface area (Å²) in [6.07, 6.45) is 0. The van der Waals surface area contributed by atoms with Gasteiger partial charge in [0.25, 0.3) is 0 Å². The molecular weight excluding hydrogens is 198 g/mol. The Morgan fingerprint density at radius 2 is 1.29 bits per heavy atom. The van der Waals surface area contributed by atoms with Crippen LogP contribution in [0, 0.1) is 0 Å². The number of hydrogen-bond acceptors (Lipinski definition) is 3. The molecule has 0 bridgehead atoms. The second kappa shape index (κ2) is 6.89. The Labute approximate surface area is 119 Å². The molecule has 7 heavy (non-hydrogen) atoms. The zero-order valence-electron chi connectivity index (χ0n) is 6.76. The van der Waals surface area contributed by atoms with Crippen molar-refractivity contribution in [3.8, 4) is 0 Å². The molecule has 0 aromatic heterocycles. The van der Waals surface area contributed by atoms with Crippen molar-refractivity contribution in [1.29, 1.82) is 0 Å². The van der Waals surface area contributed by atoms with Crippen molar-refractivity contribution in [3.05, 3.63) is 0 Å². The van der Waals surface area contributed by atoms with E-state index < -0.39 is 13.0 Å². The Morgan fingerprint density at radius 3 is 1.29 bits per heavy atom. The van der Waals surface area contributed by atoms with Gasteiger partial charge in [-0.3, -0.25) is 0 Å². The Kier molecular flexibility index (Phi) is 16.1. The molecule has 0 amide bonds. The first-order valence-corrected chi connectivity index (χ1v) is 2.61. The normalized spacial score (nSPS) is 8.14. The van der Waals surface area contributed by atoms with Crippen LogP contribution in [0.25, 0.3) is 0 Å². The fourth-order valence-corrected chi connectivity index (χ4v) is 0. The van der Waals surface area contributed by atoms with Gasteiger partial charge in [0.1, 0.15) is 0 Å². The van der Waals surface area contributed by atoms with Crippen molar-refractivity contribution in [2.75, 3.05) is 0 Å². The van der Waals surface area contributed by atoms with E-state index in [-0.39, 0.29) is 93.4 Å². The summed E-state index contributed by atoms with van der Waals surface area (Å²) >= 11 is -5.38. The van der Waals surface area contributed by atoms with Gasteiger partial charge in [0.15, 0.2) is 0 Å². The molecule has 0 atom stereocenters. The third-order valence-corrected chi connectivity index (χ3v) is 0. The Hall–Kier alpha value is 2.78.